The monoisotopic (exact) mass is 283 g/mol. The molecule has 0 amide bonds. The Labute approximate surface area is 115 Å². The van der Waals surface area contributed by atoms with Crippen molar-refractivity contribution in [1.82, 2.24) is 0 Å². The van der Waals surface area contributed by atoms with Gasteiger partial charge in [-0.2, -0.15) is 0 Å². The average Bonchev–Trinajstić information content (AvgIpc) is 2.28. The fourth-order valence-corrected chi connectivity index (χ4v) is 2.01. The van der Waals surface area contributed by atoms with E-state index in [0.717, 1.165) is 5.69 Å². The van der Waals surface area contributed by atoms with E-state index in [1.165, 1.54) is 0 Å². The summed E-state index contributed by atoms with van der Waals surface area (Å²) in [6, 6.07) is 12.6. The summed E-state index contributed by atoms with van der Waals surface area (Å²) in [6.07, 6.45) is 1.64. The highest BCUT2D eigenvalue weighted by Gasteiger charge is 2.01. The molecule has 0 unspecified atom stereocenters. The van der Waals surface area contributed by atoms with Gasteiger partial charge in [-0.15, -0.1) is 0 Å². The number of hydrogen-bond acceptors (Lipinski definition) is 1. The maximum absolute atomic E-state index is 6.03. The third kappa shape index (κ3) is 3.22. The largest absolute Gasteiger partial charge is 0.256 e. The molecular formula is C13H8Cl3N. The Morgan fingerprint density at radius 3 is 2.18 bits per heavy atom. The summed E-state index contributed by atoms with van der Waals surface area (Å²) < 4.78 is 0. The molecule has 0 atom stereocenters. The molecule has 0 fully saturated rings. The molecule has 0 aromatic heterocycles. The predicted octanol–water partition coefficient (Wildman–Crippen LogP) is 5.40. The Morgan fingerprint density at radius 1 is 0.882 bits per heavy atom. The third-order valence-electron chi connectivity index (χ3n) is 2.15. The number of rotatable bonds is 2. The Kier molecular flexibility index (Phi) is 4.06. The number of nitrogens with zero attached hydrogens (tertiary/aromatic N) is 1. The van der Waals surface area contributed by atoms with Crippen LogP contribution in [0.2, 0.25) is 15.1 Å². The second-order valence-corrected chi connectivity index (χ2v) is 4.62. The summed E-state index contributed by atoms with van der Waals surface area (Å²) in [4.78, 5) is 4.28. The third-order valence-corrected chi connectivity index (χ3v) is 3.04. The van der Waals surface area contributed by atoms with Gasteiger partial charge in [0.1, 0.15) is 0 Å². The number of aliphatic imine (C=N–C) groups is 1. The van der Waals surface area contributed by atoms with E-state index in [1.807, 2.05) is 12.1 Å². The van der Waals surface area contributed by atoms with Crippen molar-refractivity contribution in [2.75, 3.05) is 0 Å². The summed E-state index contributed by atoms with van der Waals surface area (Å²) in [7, 11) is 0. The van der Waals surface area contributed by atoms with Gasteiger partial charge in [-0.05, 0) is 30.3 Å². The maximum atomic E-state index is 6.03. The predicted molar refractivity (Wildman–Crippen MR) is 75.2 cm³/mol. The van der Waals surface area contributed by atoms with Crippen molar-refractivity contribution in [3.8, 4) is 0 Å². The number of hydrogen-bond donors (Lipinski definition) is 0. The molecule has 4 heteroatoms. The first-order valence-corrected chi connectivity index (χ1v) is 6.04. The van der Waals surface area contributed by atoms with Crippen molar-refractivity contribution in [2.24, 2.45) is 4.99 Å². The summed E-state index contributed by atoms with van der Waals surface area (Å²) in [5.41, 5.74) is 1.46. The van der Waals surface area contributed by atoms with Crippen LogP contribution in [0.3, 0.4) is 0 Å². The van der Waals surface area contributed by atoms with E-state index in [-0.39, 0.29) is 0 Å². The highest BCUT2D eigenvalue weighted by molar-refractivity contribution is 6.38. The molecule has 0 heterocycles. The topological polar surface area (TPSA) is 12.4 Å². The Balaban J connectivity index is 2.32. The minimum Gasteiger partial charge on any atom is -0.256 e. The standard InChI is InChI=1S/C13H8Cl3N/c14-9-3-1-4-10(7-9)17-8-11-12(15)5-2-6-13(11)16/h1-8H/b17-8+. The molecule has 0 radical (unpaired) electrons. The van der Waals surface area contributed by atoms with Gasteiger partial charge in [0, 0.05) is 16.8 Å². The lowest BCUT2D eigenvalue weighted by Crippen LogP contribution is -1.84. The quantitative estimate of drug-likeness (QED) is 0.655. The van der Waals surface area contributed by atoms with Crippen LogP contribution in [0.15, 0.2) is 47.5 Å². The van der Waals surface area contributed by atoms with Gasteiger partial charge in [0.05, 0.1) is 15.7 Å². The van der Waals surface area contributed by atoms with Crippen molar-refractivity contribution in [1.29, 1.82) is 0 Å². The zero-order valence-electron chi connectivity index (χ0n) is 8.70. The van der Waals surface area contributed by atoms with Crippen LogP contribution < -0.4 is 0 Å². The van der Waals surface area contributed by atoms with E-state index in [2.05, 4.69) is 4.99 Å². The van der Waals surface area contributed by atoms with Gasteiger partial charge in [0.25, 0.3) is 0 Å². The lowest BCUT2D eigenvalue weighted by molar-refractivity contribution is 1.52. The van der Waals surface area contributed by atoms with E-state index >= 15 is 0 Å². The molecule has 0 saturated carbocycles. The molecule has 0 aliphatic heterocycles. The number of halogens is 3. The summed E-state index contributed by atoms with van der Waals surface area (Å²) >= 11 is 17.9. The molecule has 0 N–H and O–H groups in total. The van der Waals surface area contributed by atoms with Crippen LogP contribution in [0.25, 0.3) is 0 Å². The summed E-state index contributed by atoms with van der Waals surface area (Å²) in [5, 5.41) is 1.79. The summed E-state index contributed by atoms with van der Waals surface area (Å²) in [6.45, 7) is 0. The summed E-state index contributed by atoms with van der Waals surface area (Å²) in [5.74, 6) is 0. The highest BCUT2D eigenvalue weighted by atomic mass is 35.5. The molecule has 0 aliphatic carbocycles. The zero-order valence-corrected chi connectivity index (χ0v) is 11.0. The second-order valence-electron chi connectivity index (χ2n) is 3.37. The average molecular weight is 285 g/mol. The van der Waals surface area contributed by atoms with Gasteiger partial charge in [-0.1, -0.05) is 46.9 Å². The molecule has 2 aromatic carbocycles. The van der Waals surface area contributed by atoms with Gasteiger partial charge < -0.3 is 0 Å². The SMILES string of the molecule is Clc1cccc(/N=C/c2c(Cl)cccc2Cl)c1. The van der Waals surface area contributed by atoms with Gasteiger partial charge in [-0.25, -0.2) is 0 Å². The molecule has 86 valence electrons. The smallest absolute Gasteiger partial charge is 0.0644 e. The van der Waals surface area contributed by atoms with Crippen LogP contribution in [0, 0.1) is 0 Å². The van der Waals surface area contributed by atoms with Crippen LogP contribution in [-0.4, -0.2) is 6.21 Å². The van der Waals surface area contributed by atoms with Crippen LogP contribution in [0.1, 0.15) is 5.56 Å². The Bertz CT molecular complexity index is 544. The molecular weight excluding hydrogens is 277 g/mol. The van der Waals surface area contributed by atoms with Gasteiger partial charge in [0.2, 0.25) is 0 Å². The van der Waals surface area contributed by atoms with Gasteiger partial charge in [0.15, 0.2) is 0 Å². The molecule has 0 bridgehead atoms. The minimum atomic E-state index is 0.572. The van der Waals surface area contributed by atoms with Gasteiger partial charge in [-0.3, -0.25) is 4.99 Å². The molecule has 0 saturated heterocycles. The van der Waals surface area contributed by atoms with E-state index in [9.17, 15) is 0 Å². The molecule has 0 spiro atoms. The normalized spacial score (nSPS) is 11.0. The molecule has 2 aromatic rings. The second kappa shape index (κ2) is 5.54. The van der Waals surface area contributed by atoms with Crippen LogP contribution in [0.5, 0.6) is 0 Å². The Morgan fingerprint density at radius 2 is 1.53 bits per heavy atom. The van der Waals surface area contributed by atoms with Crippen molar-refractivity contribution in [3.05, 3.63) is 63.1 Å². The van der Waals surface area contributed by atoms with E-state index < -0.39 is 0 Å². The molecule has 2 rings (SSSR count). The molecule has 17 heavy (non-hydrogen) atoms. The molecule has 1 nitrogen and oxygen atoms in total. The minimum absolute atomic E-state index is 0.572. The van der Waals surface area contributed by atoms with Crippen LogP contribution in [-0.2, 0) is 0 Å². The van der Waals surface area contributed by atoms with E-state index in [4.69, 9.17) is 34.8 Å². The van der Waals surface area contributed by atoms with E-state index in [0.29, 0.717) is 20.6 Å². The fourth-order valence-electron chi connectivity index (χ4n) is 1.33. The van der Waals surface area contributed by atoms with Crippen LogP contribution >= 0.6 is 34.8 Å². The Hall–Kier alpha value is -1.02. The van der Waals surface area contributed by atoms with E-state index in [1.54, 1.807) is 36.5 Å². The highest BCUT2D eigenvalue weighted by Crippen LogP contribution is 2.24. The lowest BCUT2D eigenvalue weighted by Gasteiger charge is -2.00. The zero-order chi connectivity index (χ0) is 12.3. The molecule has 0 aliphatic rings. The van der Waals surface area contributed by atoms with Crippen molar-refractivity contribution >= 4 is 46.7 Å². The van der Waals surface area contributed by atoms with Crippen LogP contribution in [0.4, 0.5) is 5.69 Å². The first-order chi connectivity index (χ1) is 8.16. The lowest BCUT2D eigenvalue weighted by atomic mass is 10.2. The fraction of sp³-hybridized carbons (Fsp3) is 0. The first kappa shape index (κ1) is 12.4. The van der Waals surface area contributed by atoms with Gasteiger partial charge >= 0.3 is 0 Å². The maximum Gasteiger partial charge on any atom is 0.0644 e. The van der Waals surface area contributed by atoms with Crippen molar-refractivity contribution in [3.63, 3.8) is 0 Å². The first-order valence-electron chi connectivity index (χ1n) is 4.90. The number of benzene rings is 2. The van der Waals surface area contributed by atoms with Crippen molar-refractivity contribution < 1.29 is 0 Å². The van der Waals surface area contributed by atoms with Crippen molar-refractivity contribution in [2.45, 2.75) is 0 Å².